The molecule has 108 valence electrons. The van der Waals surface area contributed by atoms with Gasteiger partial charge in [0.1, 0.15) is 0 Å². The maximum atomic E-state index is 5.60. The number of likely N-dealkylation sites (N-methyl/N-ethyl adjacent to an activating group) is 1. The highest BCUT2D eigenvalue weighted by Gasteiger charge is 2.25. The first-order chi connectivity index (χ1) is 8.54. The molecule has 0 bridgehead atoms. The Bertz CT molecular complexity index is 217. The van der Waals surface area contributed by atoms with E-state index in [4.69, 9.17) is 4.74 Å². The van der Waals surface area contributed by atoms with Crippen LogP contribution in [0.25, 0.3) is 0 Å². The summed E-state index contributed by atoms with van der Waals surface area (Å²) in [5, 5.41) is 3.74. The van der Waals surface area contributed by atoms with Crippen molar-refractivity contribution in [1.29, 1.82) is 0 Å². The van der Waals surface area contributed by atoms with Gasteiger partial charge in [0, 0.05) is 25.7 Å². The van der Waals surface area contributed by atoms with E-state index in [-0.39, 0.29) is 0 Å². The summed E-state index contributed by atoms with van der Waals surface area (Å²) in [5.41, 5.74) is 0. The van der Waals surface area contributed by atoms with E-state index in [0.717, 1.165) is 12.5 Å². The number of rotatable bonds is 7. The SMILES string of the molecule is COC1CCCCC1NCC(CC(C)C)N(C)C. The smallest absolute Gasteiger partial charge is 0.0724 e. The molecule has 0 aromatic heterocycles. The predicted octanol–water partition coefficient (Wildman–Crippen LogP) is 2.51. The Hall–Kier alpha value is -0.120. The van der Waals surface area contributed by atoms with E-state index < -0.39 is 0 Å². The Morgan fingerprint density at radius 2 is 1.89 bits per heavy atom. The van der Waals surface area contributed by atoms with E-state index in [1.54, 1.807) is 0 Å². The Kier molecular flexibility index (Phi) is 7.20. The Morgan fingerprint density at radius 3 is 2.44 bits per heavy atom. The van der Waals surface area contributed by atoms with Gasteiger partial charge in [-0.15, -0.1) is 0 Å². The van der Waals surface area contributed by atoms with E-state index in [2.05, 4.69) is 38.2 Å². The third-order valence-corrected chi connectivity index (χ3v) is 4.09. The molecule has 3 atom stereocenters. The Labute approximate surface area is 113 Å². The highest BCUT2D eigenvalue weighted by molar-refractivity contribution is 4.83. The molecule has 0 spiro atoms. The lowest BCUT2D eigenvalue weighted by atomic mass is 9.92. The lowest BCUT2D eigenvalue weighted by molar-refractivity contribution is 0.0392. The molecule has 3 nitrogen and oxygen atoms in total. The highest BCUT2D eigenvalue weighted by Crippen LogP contribution is 2.21. The van der Waals surface area contributed by atoms with Crippen LogP contribution in [-0.4, -0.2) is 50.8 Å². The Morgan fingerprint density at radius 1 is 1.22 bits per heavy atom. The predicted molar refractivity (Wildman–Crippen MR) is 78.0 cm³/mol. The van der Waals surface area contributed by atoms with Crippen LogP contribution in [0.15, 0.2) is 0 Å². The van der Waals surface area contributed by atoms with E-state index in [0.29, 0.717) is 18.2 Å². The third-order valence-electron chi connectivity index (χ3n) is 4.09. The van der Waals surface area contributed by atoms with Gasteiger partial charge in [-0.1, -0.05) is 26.7 Å². The van der Waals surface area contributed by atoms with Crippen molar-refractivity contribution in [3.8, 4) is 0 Å². The minimum absolute atomic E-state index is 0.417. The molecule has 0 amide bonds. The first-order valence-electron chi connectivity index (χ1n) is 7.47. The van der Waals surface area contributed by atoms with Crippen LogP contribution in [0.4, 0.5) is 0 Å². The van der Waals surface area contributed by atoms with Gasteiger partial charge in [-0.05, 0) is 39.3 Å². The summed E-state index contributed by atoms with van der Waals surface area (Å²) in [7, 11) is 6.22. The van der Waals surface area contributed by atoms with Gasteiger partial charge in [-0.3, -0.25) is 0 Å². The molecule has 1 rings (SSSR count). The van der Waals surface area contributed by atoms with E-state index in [9.17, 15) is 0 Å². The average Bonchev–Trinajstić information content (AvgIpc) is 2.34. The monoisotopic (exact) mass is 256 g/mol. The molecular weight excluding hydrogens is 224 g/mol. The van der Waals surface area contributed by atoms with E-state index in [1.165, 1.54) is 32.1 Å². The normalized spacial score (nSPS) is 26.8. The minimum Gasteiger partial charge on any atom is -0.380 e. The van der Waals surface area contributed by atoms with Crippen molar-refractivity contribution in [3.63, 3.8) is 0 Å². The molecule has 0 saturated heterocycles. The maximum absolute atomic E-state index is 5.60. The van der Waals surface area contributed by atoms with Gasteiger partial charge >= 0.3 is 0 Å². The van der Waals surface area contributed by atoms with Crippen molar-refractivity contribution in [1.82, 2.24) is 10.2 Å². The summed E-state index contributed by atoms with van der Waals surface area (Å²) in [6, 6.07) is 1.18. The number of hydrogen-bond donors (Lipinski definition) is 1. The molecule has 0 aromatic rings. The van der Waals surface area contributed by atoms with Crippen LogP contribution in [0.1, 0.15) is 46.0 Å². The molecular formula is C15H32N2O. The zero-order valence-electron chi connectivity index (χ0n) is 12.9. The molecule has 0 radical (unpaired) electrons. The van der Waals surface area contributed by atoms with Gasteiger partial charge in [0.05, 0.1) is 6.10 Å². The van der Waals surface area contributed by atoms with Crippen molar-refractivity contribution < 1.29 is 4.74 Å². The number of hydrogen-bond acceptors (Lipinski definition) is 3. The minimum atomic E-state index is 0.417. The molecule has 1 fully saturated rings. The van der Waals surface area contributed by atoms with Gasteiger partial charge in [0.15, 0.2) is 0 Å². The van der Waals surface area contributed by atoms with Gasteiger partial charge in [0.25, 0.3) is 0 Å². The van der Waals surface area contributed by atoms with Crippen molar-refractivity contribution in [2.45, 2.75) is 64.1 Å². The fourth-order valence-electron chi connectivity index (χ4n) is 2.92. The van der Waals surface area contributed by atoms with Gasteiger partial charge in [0.2, 0.25) is 0 Å². The molecule has 1 aliphatic carbocycles. The molecule has 0 aromatic carbocycles. The summed E-state index contributed by atoms with van der Waals surface area (Å²) in [6.07, 6.45) is 6.81. The molecule has 18 heavy (non-hydrogen) atoms. The summed E-state index contributed by atoms with van der Waals surface area (Å²) in [4.78, 5) is 2.34. The molecule has 3 unspecified atom stereocenters. The van der Waals surface area contributed by atoms with Crippen LogP contribution in [0.2, 0.25) is 0 Å². The van der Waals surface area contributed by atoms with Crippen molar-refractivity contribution >= 4 is 0 Å². The lowest BCUT2D eigenvalue weighted by Gasteiger charge is -2.34. The number of ether oxygens (including phenoxy) is 1. The number of methoxy groups -OCH3 is 1. The van der Waals surface area contributed by atoms with E-state index in [1.807, 2.05) is 7.11 Å². The van der Waals surface area contributed by atoms with Crippen LogP contribution < -0.4 is 5.32 Å². The third kappa shape index (κ3) is 5.25. The fraction of sp³-hybridized carbons (Fsp3) is 1.00. The second-order valence-corrected chi connectivity index (χ2v) is 6.32. The summed E-state index contributed by atoms with van der Waals surface area (Å²) >= 11 is 0. The van der Waals surface area contributed by atoms with Gasteiger partial charge in [-0.25, -0.2) is 0 Å². The van der Waals surface area contributed by atoms with Crippen molar-refractivity contribution in [2.75, 3.05) is 27.7 Å². The number of nitrogens with zero attached hydrogens (tertiary/aromatic N) is 1. The molecule has 1 saturated carbocycles. The molecule has 0 heterocycles. The molecule has 3 heteroatoms. The van der Waals surface area contributed by atoms with Crippen molar-refractivity contribution in [2.24, 2.45) is 5.92 Å². The second kappa shape index (κ2) is 8.13. The highest BCUT2D eigenvalue weighted by atomic mass is 16.5. The quantitative estimate of drug-likeness (QED) is 0.757. The summed E-state index contributed by atoms with van der Waals surface area (Å²) < 4.78 is 5.60. The van der Waals surface area contributed by atoms with Crippen molar-refractivity contribution in [3.05, 3.63) is 0 Å². The fourth-order valence-corrected chi connectivity index (χ4v) is 2.92. The van der Waals surface area contributed by atoms with Crippen LogP contribution in [0, 0.1) is 5.92 Å². The second-order valence-electron chi connectivity index (χ2n) is 6.32. The number of nitrogens with one attached hydrogen (secondary N) is 1. The van der Waals surface area contributed by atoms with Gasteiger partial charge < -0.3 is 15.0 Å². The maximum Gasteiger partial charge on any atom is 0.0724 e. The van der Waals surface area contributed by atoms with Crippen LogP contribution in [-0.2, 0) is 4.74 Å². The Balaban J connectivity index is 2.39. The zero-order chi connectivity index (χ0) is 13.5. The summed E-state index contributed by atoms with van der Waals surface area (Å²) in [6.45, 7) is 5.68. The molecule has 1 N–H and O–H groups in total. The standard InChI is InChI=1S/C15H32N2O/c1-12(2)10-13(17(3)4)11-16-14-8-6-7-9-15(14)18-5/h12-16H,6-11H2,1-5H3. The van der Waals surface area contributed by atoms with Gasteiger partial charge in [-0.2, -0.15) is 0 Å². The van der Waals surface area contributed by atoms with E-state index >= 15 is 0 Å². The molecule has 0 aliphatic heterocycles. The topological polar surface area (TPSA) is 24.5 Å². The lowest BCUT2D eigenvalue weighted by Crippen LogP contribution is -2.48. The molecule has 1 aliphatic rings. The van der Waals surface area contributed by atoms with Crippen LogP contribution >= 0.6 is 0 Å². The first kappa shape index (κ1) is 15.9. The first-order valence-corrected chi connectivity index (χ1v) is 7.47. The van der Waals surface area contributed by atoms with Crippen LogP contribution in [0.3, 0.4) is 0 Å². The average molecular weight is 256 g/mol. The largest absolute Gasteiger partial charge is 0.380 e. The summed E-state index contributed by atoms with van der Waals surface area (Å²) in [5.74, 6) is 0.753. The van der Waals surface area contributed by atoms with Crippen LogP contribution in [0.5, 0.6) is 0 Å². The zero-order valence-corrected chi connectivity index (χ0v) is 12.9.